The molecule has 0 fully saturated rings. The summed E-state index contributed by atoms with van der Waals surface area (Å²) in [5.74, 6) is 0. The molecule has 0 nitrogen and oxygen atoms in total. The Morgan fingerprint density at radius 2 is 1.13 bits per heavy atom. The van der Waals surface area contributed by atoms with Gasteiger partial charge in [0.2, 0.25) is 0 Å². The van der Waals surface area contributed by atoms with Crippen molar-refractivity contribution in [1.29, 1.82) is 0 Å². The molecular weight excluding hydrogens is 565 g/mol. The molecule has 0 saturated heterocycles. The predicted molar refractivity (Wildman–Crippen MR) is 214 cm³/mol. The average Bonchev–Trinajstić information content (AvgIpc) is 3.13. The average molecular weight is 611 g/mol. The Bertz CT molecular complexity index is 2090. The quantitative estimate of drug-likeness (QED) is 0.119. The topological polar surface area (TPSA) is 0 Å². The lowest BCUT2D eigenvalue weighted by Crippen LogP contribution is -1.87. The lowest BCUT2D eigenvalue weighted by Gasteiger charge is -2.12. The van der Waals surface area contributed by atoms with Gasteiger partial charge in [0, 0.05) is 0 Å². The molecule has 0 aliphatic rings. The summed E-state index contributed by atoms with van der Waals surface area (Å²) in [6.07, 6.45) is 19.0. The molecular formula is C47H46. The van der Waals surface area contributed by atoms with Crippen LogP contribution in [0.15, 0.2) is 170 Å². The minimum absolute atomic E-state index is 0. The second kappa shape index (κ2) is 16.7. The van der Waals surface area contributed by atoms with E-state index in [1.165, 1.54) is 54.6 Å². The molecule has 47 heavy (non-hydrogen) atoms. The van der Waals surface area contributed by atoms with Crippen LogP contribution in [0.3, 0.4) is 0 Å². The number of benzene rings is 6. The van der Waals surface area contributed by atoms with Gasteiger partial charge >= 0.3 is 0 Å². The standard InChI is InChI=1S/C44H36.C2H6.CH4/c1-4-7-18-34(6-3)37-28-32(29-38(30-37)35-20-9-8-10-21-35)17-11-12-19-33(5-2)36-26-27-43-41-24-14-13-22-39(41)40-23-15-16-25-42(40)44(43)31-36;1-2;/h4-31H,3H2,1-2H3;1-2H3;1H4/b7-4-,17-11+,19-12-,33-5+,34-18+;;. The van der Waals surface area contributed by atoms with Gasteiger partial charge in [-0.15, -0.1) is 0 Å². The van der Waals surface area contributed by atoms with Gasteiger partial charge in [-0.25, -0.2) is 0 Å². The van der Waals surface area contributed by atoms with Gasteiger partial charge in [-0.05, 0) is 109 Å². The van der Waals surface area contributed by atoms with Gasteiger partial charge in [0.05, 0.1) is 0 Å². The van der Waals surface area contributed by atoms with Crippen molar-refractivity contribution < 1.29 is 0 Å². The van der Waals surface area contributed by atoms with Gasteiger partial charge in [-0.1, -0.05) is 174 Å². The molecule has 0 aliphatic carbocycles. The summed E-state index contributed by atoms with van der Waals surface area (Å²) in [5.41, 5.74) is 8.17. The van der Waals surface area contributed by atoms with Gasteiger partial charge in [0.25, 0.3) is 0 Å². The fourth-order valence-corrected chi connectivity index (χ4v) is 5.97. The fraction of sp³-hybridized carbons (Fsp3) is 0.106. The lowest BCUT2D eigenvalue weighted by atomic mass is 9.92. The molecule has 0 heterocycles. The van der Waals surface area contributed by atoms with Crippen molar-refractivity contribution >= 4 is 49.5 Å². The van der Waals surface area contributed by atoms with E-state index in [1.807, 2.05) is 32.9 Å². The summed E-state index contributed by atoms with van der Waals surface area (Å²) in [6.45, 7) is 12.2. The number of fused-ring (bicyclic) bond motifs is 6. The van der Waals surface area contributed by atoms with E-state index in [0.717, 1.165) is 16.7 Å². The van der Waals surface area contributed by atoms with E-state index in [2.05, 4.69) is 171 Å². The number of hydrogen-bond donors (Lipinski definition) is 0. The molecule has 0 heteroatoms. The molecule has 0 spiro atoms. The maximum absolute atomic E-state index is 4.07. The summed E-state index contributed by atoms with van der Waals surface area (Å²) in [6, 6.07) is 41.6. The van der Waals surface area contributed by atoms with Crippen molar-refractivity contribution in [2.24, 2.45) is 0 Å². The second-order valence-electron chi connectivity index (χ2n) is 10.9. The van der Waals surface area contributed by atoms with E-state index in [0.29, 0.717) is 0 Å². The zero-order valence-electron chi connectivity index (χ0n) is 27.4. The van der Waals surface area contributed by atoms with E-state index >= 15 is 0 Å². The van der Waals surface area contributed by atoms with Gasteiger partial charge in [-0.3, -0.25) is 0 Å². The third-order valence-corrected chi connectivity index (χ3v) is 8.15. The smallest absolute Gasteiger partial charge is 0.00928 e. The van der Waals surface area contributed by atoms with Crippen molar-refractivity contribution in [3.8, 4) is 11.1 Å². The molecule has 6 aromatic carbocycles. The normalized spacial score (nSPS) is 12.2. The van der Waals surface area contributed by atoms with Gasteiger partial charge in [-0.2, -0.15) is 0 Å². The molecule has 6 aromatic rings. The highest BCUT2D eigenvalue weighted by molar-refractivity contribution is 6.25. The van der Waals surface area contributed by atoms with Crippen molar-refractivity contribution in [3.63, 3.8) is 0 Å². The van der Waals surface area contributed by atoms with E-state index in [9.17, 15) is 0 Å². The first-order valence-electron chi connectivity index (χ1n) is 16.2. The molecule has 6 rings (SSSR count). The summed E-state index contributed by atoms with van der Waals surface area (Å²) in [5, 5.41) is 7.76. The van der Waals surface area contributed by atoms with Crippen LogP contribution in [0, 0.1) is 0 Å². The number of hydrogen-bond acceptors (Lipinski definition) is 0. The molecule has 0 bridgehead atoms. The van der Waals surface area contributed by atoms with Crippen LogP contribution in [0.5, 0.6) is 0 Å². The Kier molecular flexibility index (Phi) is 12.3. The molecule has 0 saturated carbocycles. The van der Waals surface area contributed by atoms with Crippen LogP contribution in [0.2, 0.25) is 0 Å². The van der Waals surface area contributed by atoms with E-state index in [4.69, 9.17) is 0 Å². The second-order valence-corrected chi connectivity index (χ2v) is 10.9. The van der Waals surface area contributed by atoms with Crippen molar-refractivity contribution in [3.05, 3.63) is 187 Å². The third-order valence-electron chi connectivity index (χ3n) is 8.15. The molecule has 234 valence electrons. The fourth-order valence-electron chi connectivity index (χ4n) is 5.97. The Balaban J connectivity index is 0.00000164. The van der Waals surface area contributed by atoms with Crippen LogP contribution < -0.4 is 0 Å². The summed E-state index contributed by atoms with van der Waals surface area (Å²) >= 11 is 0. The zero-order chi connectivity index (χ0) is 32.3. The molecule has 0 atom stereocenters. The Morgan fingerprint density at radius 1 is 0.532 bits per heavy atom. The molecule has 0 N–H and O–H groups in total. The highest BCUT2D eigenvalue weighted by atomic mass is 14.1. The van der Waals surface area contributed by atoms with Gasteiger partial charge < -0.3 is 0 Å². The zero-order valence-corrected chi connectivity index (χ0v) is 27.4. The monoisotopic (exact) mass is 610 g/mol. The lowest BCUT2D eigenvalue weighted by molar-refractivity contribution is 1.50. The van der Waals surface area contributed by atoms with Crippen molar-refractivity contribution in [2.75, 3.05) is 0 Å². The highest BCUT2D eigenvalue weighted by Gasteiger charge is 2.09. The minimum atomic E-state index is 0. The Labute approximate surface area is 282 Å². The molecule has 0 radical (unpaired) electrons. The largest absolute Gasteiger partial charge is 0.0984 e. The Hall–Kier alpha value is -5.46. The SMILES string of the molecule is C.C=C/C(=C\C=C/C)c1cc(/C=C/C=C\C(=C/C)c2ccc3c4ccccc4c4ccccc4c3c2)cc(-c2ccccc2)c1.CC. The molecule has 0 aliphatic heterocycles. The van der Waals surface area contributed by atoms with Crippen LogP contribution in [0.4, 0.5) is 0 Å². The first kappa shape index (κ1) is 34.4. The van der Waals surface area contributed by atoms with E-state index in [1.54, 1.807) is 0 Å². The molecule has 0 unspecified atom stereocenters. The number of rotatable bonds is 8. The molecule has 0 aromatic heterocycles. The minimum Gasteiger partial charge on any atom is -0.0984 e. The van der Waals surface area contributed by atoms with Crippen molar-refractivity contribution in [2.45, 2.75) is 35.1 Å². The summed E-state index contributed by atoms with van der Waals surface area (Å²) < 4.78 is 0. The maximum Gasteiger partial charge on any atom is -0.00928 e. The van der Waals surface area contributed by atoms with Gasteiger partial charge in [0.15, 0.2) is 0 Å². The summed E-state index contributed by atoms with van der Waals surface area (Å²) in [4.78, 5) is 0. The maximum atomic E-state index is 4.07. The first-order valence-corrected chi connectivity index (χ1v) is 16.2. The summed E-state index contributed by atoms with van der Waals surface area (Å²) in [7, 11) is 0. The van der Waals surface area contributed by atoms with E-state index in [-0.39, 0.29) is 7.43 Å². The van der Waals surface area contributed by atoms with Crippen LogP contribution in [0.1, 0.15) is 51.8 Å². The Morgan fingerprint density at radius 3 is 1.72 bits per heavy atom. The first-order chi connectivity index (χ1) is 22.7. The van der Waals surface area contributed by atoms with Crippen molar-refractivity contribution in [1.82, 2.24) is 0 Å². The predicted octanol–water partition coefficient (Wildman–Crippen LogP) is 14.3. The molecule has 0 amide bonds. The van der Waals surface area contributed by atoms with Gasteiger partial charge in [0.1, 0.15) is 0 Å². The number of allylic oxidation sites excluding steroid dienone is 10. The van der Waals surface area contributed by atoms with Crippen LogP contribution in [-0.2, 0) is 0 Å². The van der Waals surface area contributed by atoms with E-state index < -0.39 is 0 Å². The van der Waals surface area contributed by atoms with Crippen LogP contribution in [0.25, 0.3) is 60.7 Å². The third kappa shape index (κ3) is 7.68. The highest BCUT2D eigenvalue weighted by Crippen LogP contribution is 2.36. The van der Waals surface area contributed by atoms with Crippen LogP contribution in [-0.4, -0.2) is 0 Å². The van der Waals surface area contributed by atoms with Crippen LogP contribution >= 0.6 is 0 Å².